The molecule has 0 aliphatic rings. The van der Waals surface area contributed by atoms with Gasteiger partial charge in [-0.05, 0) is 30.3 Å². The Hall–Kier alpha value is -1.95. The summed E-state index contributed by atoms with van der Waals surface area (Å²) in [5.74, 6) is -0.0362. The standard InChI is InChI=1S/C17H16ClN3OS/c1-21(10-16(22)19-13-6-4-5-12(18)9-13)11-17-20-14-7-2-3-8-15(14)23-17/h2-9H,10-11H2,1H3,(H,19,22)/p+1. The lowest BCUT2D eigenvalue weighted by Crippen LogP contribution is -3.08. The van der Waals surface area contributed by atoms with Crippen molar-refractivity contribution in [2.45, 2.75) is 6.54 Å². The average molecular weight is 347 g/mol. The zero-order valence-electron chi connectivity index (χ0n) is 12.7. The summed E-state index contributed by atoms with van der Waals surface area (Å²) < 4.78 is 1.18. The molecule has 118 valence electrons. The largest absolute Gasteiger partial charge is 0.324 e. The van der Waals surface area contributed by atoms with Gasteiger partial charge in [0, 0.05) is 10.7 Å². The van der Waals surface area contributed by atoms with E-state index in [0.29, 0.717) is 11.6 Å². The summed E-state index contributed by atoms with van der Waals surface area (Å²) in [7, 11) is 1.99. The van der Waals surface area contributed by atoms with Crippen LogP contribution < -0.4 is 10.2 Å². The van der Waals surface area contributed by atoms with E-state index in [1.165, 1.54) is 4.70 Å². The number of carbonyl (C=O) groups excluding carboxylic acids is 1. The molecule has 4 nitrogen and oxygen atoms in total. The highest BCUT2D eigenvalue weighted by molar-refractivity contribution is 7.18. The normalized spacial score (nSPS) is 12.3. The number of para-hydroxylation sites is 1. The van der Waals surface area contributed by atoms with E-state index in [-0.39, 0.29) is 5.91 Å². The molecule has 1 unspecified atom stereocenters. The second-order valence-corrected chi connectivity index (χ2v) is 7.00. The number of nitrogens with zero attached hydrogens (tertiary/aromatic N) is 1. The van der Waals surface area contributed by atoms with Gasteiger partial charge in [0.25, 0.3) is 5.91 Å². The molecule has 6 heteroatoms. The first-order valence-electron chi connectivity index (χ1n) is 7.31. The van der Waals surface area contributed by atoms with Crippen LogP contribution >= 0.6 is 22.9 Å². The minimum Gasteiger partial charge on any atom is -0.324 e. The van der Waals surface area contributed by atoms with E-state index in [1.54, 1.807) is 23.5 Å². The van der Waals surface area contributed by atoms with Crippen molar-refractivity contribution in [2.24, 2.45) is 0 Å². The lowest BCUT2D eigenvalue weighted by molar-refractivity contribution is -0.885. The molecule has 3 rings (SSSR count). The quantitative estimate of drug-likeness (QED) is 0.746. The Morgan fingerprint density at radius 3 is 2.87 bits per heavy atom. The van der Waals surface area contributed by atoms with Gasteiger partial charge in [0.15, 0.2) is 6.54 Å². The number of hydrogen-bond acceptors (Lipinski definition) is 3. The maximum Gasteiger partial charge on any atom is 0.279 e. The third-order valence-corrected chi connectivity index (χ3v) is 4.63. The number of fused-ring (bicyclic) bond motifs is 1. The summed E-state index contributed by atoms with van der Waals surface area (Å²) >= 11 is 7.59. The van der Waals surface area contributed by atoms with Crippen LogP contribution in [0.4, 0.5) is 5.69 Å². The van der Waals surface area contributed by atoms with Crippen LogP contribution in [0.25, 0.3) is 10.2 Å². The fraction of sp³-hybridized carbons (Fsp3) is 0.176. The third-order valence-electron chi connectivity index (χ3n) is 3.36. The molecule has 1 atom stereocenters. The van der Waals surface area contributed by atoms with Crippen LogP contribution in [0.1, 0.15) is 5.01 Å². The minimum atomic E-state index is -0.0362. The molecular formula is C17H17ClN3OS+. The molecule has 3 aromatic rings. The molecule has 0 aliphatic carbocycles. The fourth-order valence-corrected chi connectivity index (χ4v) is 3.63. The van der Waals surface area contributed by atoms with E-state index in [0.717, 1.165) is 27.7 Å². The van der Waals surface area contributed by atoms with Gasteiger partial charge in [-0.2, -0.15) is 0 Å². The smallest absolute Gasteiger partial charge is 0.279 e. The summed E-state index contributed by atoms with van der Waals surface area (Å²) in [4.78, 5) is 17.8. The first kappa shape index (κ1) is 15.9. The van der Waals surface area contributed by atoms with E-state index < -0.39 is 0 Å². The second-order valence-electron chi connectivity index (χ2n) is 5.44. The zero-order valence-corrected chi connectivity index (χ0v) is 14.2. The monoisotopic (exact) mass is 346 g/mol. The number of quaternary nitrogens is 1. The Balaban J connectivity index is 1.58. The lowest BCUT2D eigenvalue weighted by atomic mass is 10.3. The van der Waals surface area contributed by atoms with Crippen molar-refractivity contribution < 1.29 is 9.69 Å². The summed E-state index contributed by atoms with van der Waals surface area (Å²) in [5, 5.41) is 4.52. The number of hydrogen-bond donors (Lipinski definition) is 2. The number of anilines is 1. The molecule has 0 bridgehead atoms. The highest BCUT2D eigenvalue weighted by atomic mass is 35.5. The molecule has 23 heavy (non-hydrogen) atoms. The number of carbonyl (C=O) groups is 1. The van der Waals surface area contributed by atoms with Gasteiger partial charge >= 0.3 is 0 Å². The predicted octanol–water partition coefficient (Wildman–Crippen LogP) is 2.60. The first-order chi connectivity index (χ1) is 11.1. The molecule has 2 aromatic carbocycles. The Morgan fingerprint density at radius 1 is 1.26 bits per heavy atom. The summed E-state index contributed by atoms with van der Waals surface area (Å²) in [5.41, 5.74) is 1.74. The number of benzene rings is 2. The van der Waals surface area contributed by atoms with Gasteiger partial charge in [0.2, 0.25) is 0 Å². The van der Waals surface area contributed by atoms with Crippen molar-refractivity contribution in [2.75, 3.05) is 18.9 Å². The van der Waals surface area contributed by atoms with Crippen LogP contribution in [0, 0.1) is 0 Å². The van der Waals surface area contributed by atoms with E-state index in [4.69, 9.17) is 11.6 Å². The van der Waals surface area contributed by atoms with E-state index >= 15 is 0 Å². The van der Waals surface area contributed by atoms with Gasteiger partial charge in [-0.15, -0.1) is 11.3 Å². The zero-order chi connectivity index (χ0) is 16.2. The Bertz CT molecular complexity index is 800. The second kappa shape index (κ2) is 7.08. The molecule has 0 spiro atoms. The molecule has 0 radical (unpaired) electrons. The van der Waals surface area contributed by atoms with Gasteiger partial charge < -0.3 is 10.2 Å². The van der Waals surface area contributed by atoms with Crippen molar-refractivity contribution in [3.63, 3.8) is 0 Å². The van der Waals surface area contributed by atoms with Crippen molar-refractivity contribution in [3.8, 4) is 0 Å². The molecule has 0 aliphatic heterocycles. The maximum absolute atomic E-state index is 12.1. The molecule has 1 amide bonds. The number of rotatable bonds is 5. The highest BCUT2D eigenvalue weighted by Crippen LogP contribution is 2.20. The Morgan fingerprint density at radius 2 is 2.09 bits per heavy atom. The van der Waals surface area contributed by atoms with E-state index in [2.05, 4.69) is 16.4 Å². The van der Waals surface area contributed by atoms with E-state index in [1.807, 2.05) is 37.4 Å². The van der Waals surface area contributed by atoms with Crippen LogP contribution in [0.3, 0.4) is 0 Å². The van der Waals surface area contributed by atoms with Crippen molar-refractivity contribution in [1.82, 2.24) is 4.98 Å². The molecule has 2 N–H and O–H groups in total. The minimum absolute atomic E-state index is 0.0362. The van der Waals surface area contributed by atoms with Crippen LogP contribution in [-0.4, -0.2) is 24.5 Å². The number of likely N-dealkylation sites (N-methyl/N-ethyl adjacent to an activating group) is 1. The Kier molecular flexibility index (Phi) is 4.91. The topological polar surface area (TPSA) is 46.4 Å². The Labute approximate surface area is 143 Å². The van der Waals surface area contributed by atoms with Gasteiger partial charge in [-0.1, -0.05) is 29.8 Å². The number of aromatic nitrogens is 1. The number of halogens is 1. The van der Waals surface area contributed by atoms with E-state index in [9.17, 15) is 4.79 Å². The molecular weight excluding hydrogens is 330 g/mol. The summed E-state index contributed by atoms with van der Waals surface area (Å²) in [6, 6.07) is 15.2. The third kappa shape index (κ3) is 4.28. The van der Waals surface area contributed by atoms with Gasteiger partial charge in [0.1, 0.15) is 11.6 Å². The van der Waals surface area contributed by atoms with Crippen molar-refractivity contribution in [1.29, 1.82) is 0 Å². The van der Waals surface area contributed by atoms with Gasteiger partial charge in [-0.25, -0.2) is 4.98 Å². The van der Waals surface area contributed by atoms with Crippen LogP contribution in [-0.2, 0) is 11.3 Å². The van der Waals surface area contributed by atoms with Crippen LogP contribution in [0.2, 0.25) is 5.02 Å². The number of nitrogens with one attached hydrogen (secondary N) is 2. The molecule has 1 aromatic heterocycles. The fourth-order valence-electron chi connectivity index (χ4n) is 2.36. The SMILES string of the molecule is C[NH+](CC(=O)Nc1cccc(Cl)c1)Cc1nc2ccccc2s1. The summed E-state index contributed by atoms with van der Waals surface area (Å²) in [6.07, 6.45) is 0. The molecule has 0 saturated carbocycles. The summed E-state index contributed by atoms with van der Waals surface area (Å²) in [6.45, 7) is 1.10. The van der Waals surface area contributed by atoms with Crippen LogP contribution in [0.15, 0.2) is 48.5 Å². The maximum atomic E-state index is 12.1. The average Bonchev–Trinajstić information content (AvgIpc) is 2.88. The van der Waals surface area contributed by atoms with Crippen molar-refractivity contribution >= 4 is 44.7 Å². The molecule has 1 heterocycles. The van der Waals surface area contributed by atoms with Gasteiger partial charge in [-0.3, -0.25) is 4.79 Å². The molecule has 0 fully saturated rings. The predicted molar refractivity (Wildman–Crippen MR) is 95.2 cm³/mol. The molecule has 0 saturated heterocycles. The van der Waals surface area contributed by atoms with Gasteiger partial charge in [0.05, 0.1) is 17.3 Å². The van der Waals surface area contributed by atoms with Crippen LogP contribution in [0.5, 0.6) is 0 Å². The lowest BCUT2D eigenvalue weighted by Gasteiger charge is -2.12. The highest BCUT2D eigenvalue weighted by Gasteiger charge is 2.13. The number of amides is 1. The number of thiazole rings is 1. The van der Waals surface area contributed by atoms with Crippen molar-refractivity contribution in [3.05, 3.63) is 58.6 Å². The first-order valence-corrected chi connectivity index (χ1v) is 8.51.